The topological polar surface area (TPSA) is 175 Å². The summed E-state index contributed by atoms with van der Waals surface area (Å²) in [5, 5.41) is 51.1. The smallest absolute Gasteiger partial charge is 0.254 e. The van der Waals surface area contributed by atoms with E-state index in [0.717, 1.165) is 10.3 Å². The summed E-state index contributed by atoms with van der Waals surface area (Å²) < 4.78 is 6.46. The van der Waals surface area contributed by atoms with E-state index in [1.165, 1.54) is 12.7 Å². The Morgan fingerprint density at radius 2 is 2.00 bits per heavy atom. The van der Waals surface area contributed by atoms with Gasteiger partial charge in [-0.15, -0.1) is 4.73 Å². The van der Waals surface area contributed by atoms with Crippen LogP contribution in [-0.4, -0.2) is 95.7 Å². The van der Waals surface area contributed by atoms with E-state index in [0.29, 0.717) is 17.9 Å². The molecule has 28 heavy (non-hydrogen) atoms. The molecule has 0 saturated carbocycles. The third-order valence-corrected chi connectivity index (χ3v) is 4.34. The summed E-state index contributed by atoms with van der Waals surface area (Å²) in [7, 11) is 0. The lowest BCUT2D eigenvalue weighted by molar-refractivity contribution is -0.299. The maximum absolute atomic E-state index is 10.1. The van der Waals surface area contributed by atoms with Gasteiger partial charge in [-0.1, -0.05) is 11.6 Å². The van der Waals surface area contributed by atoms with Crippen LogP contribution in [0.1, 0.15) is 6.92 Å². The quantitative estimate of drug-likeness (QED) is 0.270. The highest BCUT2D eigenvalue weighted by atomic mass is 16.8. The predicted molar refractivity (Wildman–Crippen MR) is 95.0 cm³/mol. The third kappa shape index (κ3) is 4.06. The first-order chi connectivity index (χ1) is 13.5. The number of rotatable bonds is 7. The number of imidazole rings is 1. The van der Waals surface area contributed by atoms with Crippen LogP contribution in [-0.2, 0) is 4.74 Å². The number of hydrogen-bond acceptors (Lipinski definition) is 11. The van der Waals surface area contributed by atoms with Gasteiger partial charge in [0.25, 0.3) is 6.29 Å². The summed E-state index contributed by atoms with van der Waals surface area (Å²) >= 11 is 0. The SMILES string of the molecule is C/C(=C/CNc1ncnc2c1ncn2O[C@@H]1O[C@H](CO)[C@@H](O)[C@H](O)[C@H]1O)CO. The van der Waals surface area contributed by atoms with Gasteiger partial charge in [0.15, 0.2) is 11.3 Å². The summed E-state index contributed by atoms with van der Waals surface area (Å²) in [5.41, 5.74) is 1.47. The summed E-state index contributed by atoms with van der Waals surface area (Å²) in [6, 6.07) is 0. The second-order valence-electron chi connectivity index (χ2n) is 6.36. The van der Waals surface area contributed by atoms with Crippen molar-refractivity contribution in [1.29, 1.82) is 0 Å². The van der Waals surface area contributed by atoms with Crippen LogP contribution in [0.3, 0.4) is 0 Å². The zero-order valence-corrected chi connectivity index (χ0v) is 15.1. The maximum Gasteiger partial charge on any atom is 0.254 e. The normalized spacial score (nSPS) is 28.5. The van der Waals surface area contributed by atoms with Crippen LogP contribution >= 0.6 is 0 Å². The van der Waals surface area contributed by atoms with Gasteiger partial charge in [-0.2, -0.15) is 0 Å². The largest absolute Gasteiger partial charge is 0.394 e. The van der Waals surface area contributed by atoms with Crippen LogP contribution in [0.5, 0.6) is 0 Å². The van der Waals surface area contributed by atoms with Crippen molar-refractivity contribution in [1.82, 2.24) is 19.7 Å². The molecule has 0 amide bonds. The number of aromatic nitrogens is 4. The van der Waals surface area contributed by atoms with E-state index < -0.39 is 37.3 Å². The number of nitrogens with zero attached hydrogens (tertiary/aromatic N) is 4. The first-order valence-electron chi connectivity index (χ1n) is 8.62. The fraction of sp³-hybridized carbons (Fsp3) is 0.562. The van der Waals surface area contributed by atoms with Crippen molar-refractivity contribution >= 4 is 17.0 Å². The van der Waals surface area contributed by atoms with Crippen LogP contribution in [0.4, 0.5) is 5.82 Å². The van der Waals surface area contributed by atoms with E-state index >= 15 is 0 Å². The van der Waals surface area contributed by atoms with Gasteiger partial charge in [0.05, 0.1) is 13.2 Å². The lowest BCUT2D eigenvalue weighted by atomic mass is 9.99. The molecule has 12 nitrogen and oxygen atoms in total. The third-order valence-electron chi connectivity index (χ3n) is 4.34. The van der Waals surface area contributed by atoms with Crippen molar-refractivity contribution in [3.63, 3.8) is 0 Å². The standard InChI is InChI=1S/C16H23N5O7/c1-8(4-22)2-3-17-14-10-15(19-6-18-14)21(7-20-10)28-16-13(26)12(25)11(24)9(5-23)27-16/h2,6-7,9,11-13,16,22-26H,3-5H2,1H3,(H,17,18,19)/b8-2-/t9-,11-,12+,13-,16+/m1/s1. The van der Waals surface area contributed by atoms with E-state index in [1.54, 1.807) is 13.0 Å². The molecular weight excluding hydrogens is 374 g/mol. The fourth-order valence-electron chi connectivity index (χ4n) is 2.67. The number of ether oxygens (including phenoxy) is 1. The number of fused-ring (bicyclic) bond motifs is 1. The lowest BCUT2D eigenvalue weighted by Gasteiger charge is -2.39. The highest BCUT2D eigenvalue weighted by Crippen LogP contribution is 2.22. The van der Waals surface area contributed by atoms with Crippen molar-refractivity contribution in [3.8, 4) is 0 Å². The van der Waals surface area contributed by atoms with Crippen LogP contribution in [0.25, 0.3) is 11.2 Å². The Hall–Kier alpha value is -2.35. The molecule has 0 spiro atoms. The van der Waals surface area contributed by atoms with Gasteiger partial charge < -0.3 is 40.4 Å². The number of nitrogens with one attached hydrogen (secondary N) is 1. The number of aliphatic hydroxyl groups is 5. The Labute approximate surface area is 159 Å². The van der Waals surface area contributed by atoms with Crippen LogP contribution in [0.2, 0.25) is 0 Å². The molecule has 3 heterocycles. The summed E-state index contributed by atoms with van der Waals surface area (Å²) in [5.74, 6) is 0.433. The molecule has 0 unspecified atom stereocenters. The highest BCUT2D eigenvalue weighted by molar-refractivity contribution is 5.82. The highest BCUT2D eigenvalue weighted by Gasteiger charge is 2.45. The molecule has 1 aliphatic heterocycles. The van der Waals surface area contributed by atoms with Crippen molar-refractivity contribution in [2.75, 3.05) is 25.1 Å². The summed E-state index contributed by atoms with van der Waals surface area (Å²) in [6.07, 6.45) is -2.66. The minimum Gasteiger partial charge on any atom is -0.394 e. The molecule has 0 bridgehead atoms. The Balaban J connectivity index is 1.78. The molecule has 154 valence electrons. The summed E-state index contributed by atoms with van der Waals surface area (Å²) in [4.78, 5) is 17.9. The summed E-state index contributed by atoms with van der Waals surface area (Å²) in [6.45, 7) is 1.61. The van der Waals surface area contributed by atoms with E-state index in [1.807, 2.05) is 0 Å². The molecule has 6 N–H and O–H groups in total. The van der Waals surface area contributed by atoms with Gasteiger partial charge in [0.1, 0.15) is 37.1 Å². The van der Waals surface area contributed by atoms with Gasteiger partial charge in [-0.05, 0) is 6.92 Å². The number of hydrogen-bond donors (Lipinski definition) is 6. The Kier molecular flexibility index (Phi) is 6.39. The second kappa shape index (κ2) is 8.77. The Morgan fingerprint density at radius 3 is 2.71 bits per heavy atom. The molecule has 2 aromatic rings. The molecule has 0 radical (unpaired) electrons. The molecule has 1 saturated heterocycles. The number of aliphatic hydroxyl groups excluding tert-OH is 5. The van der Waals surface area contributed by atoms with E-state index in [9.17, 15) is 20.4 Å². The fourth-order valence-corrected chi connectivity index (χ4v) is 2.67. The van der Waals surface area contributed by atoms with Crippen LogP contribution in [0, 0.1) is 0 Å². The van der Waals surface area contributed by atoms with Gasteiger partial charge in [-0.25, -0.2) is 15.0 Å². The van der Waals surface area contributed by atoms with Gasteiger partial charge in [0.2, 0.25) is 5.65 Å². The first-order valence-corrected chi connectivity index (χ1v) is 8.62. The van der Waals surface area contributed by atoms with Crippen LogP contribution in [0.15, 0.2) is 24.3 Å². The molecule has 3 rings (SSSR count). The molecule has 0 aromatic carbocycles. The molecule has 5 atom stereocenters. The first kappa shape index (κ1) is 20.4. The van der Waals surface area contributed by atoms with Gasteiger partial charge in [-0.3, -0.25) is 0 Å². The molecule has 1 aliphatic rings. The molecular formula is C16H23N5O7. The van der Waals surface area contributed by atoms with E-state index in [-0.39, 0.29) is 12.3 Å². The maximum atomic E-state index is 10.1. The molecule has 2 aromatic heterocycles. The monoisotopic (exact) mass is 397 g/mol. The van der Waals surface area contributed by atoms with Crippen molar-refractivity contribution in [2.45, 2.75) is 37.6 Å². The zero-order chi connectivity index (χ0) is 20.3. The van der Waals surface area contributed by atoms with Crippen molar-refractivity contribution < 1.29 is 35.1 Å². The second-order valence-corrected chi connectivity index (χ2v) is 6.36. The van der Waals surface area contributed by atoms with E-state index in [4.69, 9.17) is 14.7 Å². The average molecular weight is 397 g/mol. The van der Waals surface area contributed by atoms with Gasteiger partial charge in [0, 0.05) is 6.54 Å². The lowest BCUT2D eigenvalue weighted by Crippen LogP contribution is -2.61. The minimum absolute atomic E-state index is 0.0393. The predicted octanol–water partition coefficient (Wildman–Crippen LogP) is -2.59. The van der Waals surface area contributed by atoms with E-state index in [2.05, 4.69) is 20.3 Å². The average Bonchev–Trinajstić information content (AvgIpc) is 3.12. The molecule has 12 heteroatoms. The van der Waals surface area contributed by atoms with Crippen molar-refractivity contribution in [3.05, 3.63) is 24.3 Å². The van der Waals surface area contributed by atoms with Crippen LogP contribution < -0.4 is 10.2 Å². The Bertz CT molecular complexity index is 827. The Morgan fingerprint density at radius 1 is 1.21 bits per heavy atom. The van der Waals surface area contributed by atoms with Gasteiger partial charge >= 0.3 is 0 Å². The van der Waals surface area contributed by atoms with Crippen molar-refractivity contribution in [2.24, 2.45) is 0 Å². The molecule has 1 fully saturated rings. The minimum atomic E-state index is -1.56. The molecule has 0 aliphatic carbocycles. The zero-order valence-electron chi connectivity index (χ0n) is 15.1. The number of anilines is 1.